The number of carbonyl (C=O) groups excluding carboxylic acids is 2. The van der Waals surface area contributed by atoms with Crippen LogP contribution in [0.3, 0.4) is 0 Å². The van der Waals surface area contributed by atoms with E-state index in [1.807, 2.05) is 62.4 Å². The lowest BCUT2D eigenvalue weighted by Crippen LogP contribution is -2.50. The lowest BCUT2D eigenvalue weighted by Gasteiger charge is -2.31. The molecule has 1 aliphatic carbocycles. The topological polar surface area (TPSA) is 58.6 Å². The second-order valence-electron chi connectivity index (χ2n) is 8.55. The van der Waals surface area contributed by atoms with Crippen molar-refractivity contribution in [3.05, 3.63) is 65.2 Å². The van der Waals surface area contributed by atoms with Crippen LogP contribution in [0.15, 0.2) is 48.5 Å². The maximum Gasteiger partial charge on any atom is 0.242 e. The number of nitrogens with zero attached hydrogens (tertiary/aromatic N) is 1. The number of benzene rings is 2. The van der Waals surface area contributed by atoms with Crippen molar-refractivity contribution < 1.29 is 14.3 Å². The van der Waals surface area contributed by atoms with Gasteiger partial charge in [-0.2, -0.15) is 0 Å². The molecule has 0 aliphatic heterocycles. The van der Waals surface area contributed by atoms with E-state index in [2.05, 4.69) is 5.32 Å². The van der Waals surface area contributed by atoms with Gasteiger partial charge in [-0.05, 0) is 49.9 Å². The molecule has 0 heterocycles. The Morgan fingerprint density at radius 3 is 2.23 bits per heavy atom. The highest BCUT2D eigenvalue weighted by atomic mass is 16.5. The average molecular weight is 423 g/mol. The van der Waals surface area contributed by atoms with Crippen LogP contribution in [0.25, 0.3) is 0 Å². The summed E-state index contributed by atoms with van der Waals surface area (Å²) in [6.45, 7) is 4.24. The summed E-state index contributed by atoms with van der Waals surface area (Å²) in [5.74, 6) is 0.646. The van der Waals surface area contributed by atoms with Crippen molar-refractivity contribution in [2.75, 3.05) is 7.11 Å². The van der Waals surface area contributed by atoms with Crippen LogP contribution >= 0.6 is 0 Å². The van der Waals surface area contributed by atoms with Gasteiger partial charge in [0.25, 0.3) is 0 Å². The summed E-state index contributed by atoms with van der Waals surface area (Å²) in [6.07, 6.45) is 5.86. The minimum Gasteiger partial charge on any atom is -0.497 e. The Kier molecular flexibility index (Phi) is 8.10. The molecule has 2 aromatic carbocycles. The summed E-state index contributed by atoms with van der Waals surface area (Å²) < 4.78 is 5.24. The van der Waals surface area contributed by atoms with Crippen LogP contribution in [0.4, 0.5) is 0 Å². The molecule has 0 bridgehead atoms. The maximum absolute atomic E-state index is 13.3. The Bertz CT molecular complexity index is 855. The summed E-state index contributed by atoms with van der Waals surface area (Å²) in [6, 6.07) is 15.3. The quantitative estimate of drug-likeness (QED) is 0.685. The largest absolute Gasteiger partial charge is 0.497 e. The Morgan fingerprint density at radius 2 is 1.61 bits per heavy atom. The molecule has 31 heavy (non-hydrogen) atoms. The smallest absolute Gasteiger partial charge is 0.242 e. The molecule has 1 atom stereocenters. The highest BCUT2D eigenvalue weighted by Gasteiger charge is 2.28. The Balaban J connectivity index is 1.74. The molecule has 1 saturated carbocycles. The zero-order valence-electron chi connectivity index (χ0n) is 18.9. The van der Waals surface area contributed by atoms with Gasteiger partial charge in [-0.3, -0.25) is 9.59 Å². The average Bonchev–Trinajstić information content (AvgIpc) is 2.79. The predicted molar refractivity (Wildman–Crippen MR) is 123 cm³/mol. The Labute approximate surface area is 185 Å². The van der Waals surface area contributed by atoms with E-state index in [0.717, 1.165) is 48.1 Å². The SMILES string of the molecule is COc1ccc(CN(C(=O)Cc2ccc(C)cc2)[C@@H](C)C(=O)NC2CCCCC2)cc1. The van der Waals surface area contributed by atoms with Gasteiger partial charge in [-0.25, -0.2) is 0 Å². The van der Waals surface area contributed by atoms with Crippen molar-refractivity contribution in [1.29, 1.82) is 0 Å². The number of hydrogen-bond acceptors (Lipinski definition) is 3. The van der Waals surface area contributed by atoms with E-state index in [0.29, 0.717) is 6.54 Å². The van der Waals surface area contributed by atoms with Crippen LogP contribution in [-0.2, 0) is 22.6 Å². The van der Waals surface area contributed by atoms with Gasteiger partial charge in [-0.15, -0.1) is 0 Å². The van der Waals surface area contributed by atoms with Gasteiger partial charge in [0.05, 0.1) is 13.5 Å². The molecule has 5 heteroatoms. The van der Waals surface area contributed by atoms with E-state index in [1.165, 1.54) is 6.42 Å². The first-order chi connectivity index (χ1) is 15.0. The molecule has 1 N–H and O–H groups in total. The molecular weight excluding hydrogens is 388 g/mol. The minimum absolute atomic E-state index is 0.0500. The molecule has 0 aromatic heterocycles. The van der Waals surface area contributed by atoms with Crippen LogP contribution in [-0.4, -0.2) is 35.9 Å². The highest BCUT2D eigenvalue weighted by molar-refractivity contribution is 5.88. The van der Waals surface area contributed by atoms with Gasteiger partial charge in [0.2, 0.25) is 11.8 Å². The maximum atomic E-state index is 13.3. The summed E-state index contributed by atoms with van der Waals surface area (Å²) in [5, 5.41) is 3.18. The van der Waals surface area contributed by atoms with Crippen molar-refractivity contribution in [1.82, 2.24) is 10.2 Å². The van der Waals surface area contributed by atoms with Gasteiger partial charge >= 0.3 is 0 Å². The standard InChI is InChI=1S/C26H34N2O3/c1-19-9-11-21(12-10-19)17-25(29)28(18-22-13-15-24(31-3)16-14-22)20(2)26(30)27-23-7-5-4-6-8-23/h9-16,20,23H,4-8,17-18H2,1-3H3,(H,27,30)/t20-/m0/s1. The van der Waals surface area contributed by atoms with Crippen molar-refractivity contribution in [2.24, 2.45) is 0 Å². The molecule has 0 spiro atoms. The molecule has 2 amide bonds. The number of amides is 2. The second-order valence-corrected chi connectivity index (χ2v) is 8.55. The number of nitrogens with one attached hydrogen (secondary N) is 1. The summed E-state index contributed by atoms with van der Waals surface area (Å²) in [4.78, 5) is 28.0. The van der Waals surface area contributed by atoms with Gasteiger partial charge in [0, 0.05) is 12.6 Å². The first-order valence-electron chi connectivity index (χ1n) is 11.2. The first-order valence-corrected chi connectivity index (χ1v) is 11.2. The van der Waals surface area contributed by atoms with Crippen molar-refractivity contribution in [3.8, 4) is 5.75 Å². The fourth-order valence-corrected chi connectivity index (χ4v) is 4.06. The van der Waals surface area contributed by atoms with Gasteiger partial charge < -0.3 is 15.0 Å². The number of methoxy groups -OCH3 is 1. The van der Waals surface area contributed by atoms with E-state index in [4.69, 9.17) is 4.74 Å². The Hall–Kier alpha value is -2.82. The van der Waals surface area contributed by atoms with Crippen molar-refractivity contribution in [2.45, 2.75) is 71.0 Å². The zero-order chi connectivity index (χ0) is 22.2. The lowest BCUT2D eigenvalue weighted by atomic mass is 9.95. The van der Waals surface area contributed by atoms with Crippen LogP contribution in [0.5, 0.6) is 5.75 Å². The lowest BCUT2D eigenvalue weighted by molar-refractivity contribution is -0.140. The number of hydrogen-bond donors (Lipinski definition) is 1. The monoisotopic (exact) mass is 422 g/mol. The van der Waals surface area contributed by atoms with E-state index < -0.39 is 6.04 Å². The van der Waals surface area contributed by atoms with Gasteiger partial charge in [0.15, 0.2) is 0 Å². The van der Waals surface area contributed by atoms with E-state index >= 15 is 0 Å². The number of ether oxygens (including phenoxy) is 1. The normalized spacial score (nSPS) is 15.2. The van der Waals surface area contributed by atoms with Gasteiger partial charge in [-0.1, -0.05) is 61.2 Å². The molecule has 0 radical (unpaired) electrons. The molecule has 0 saturated heterocycles. The summed E-state index contributed by atoms with van der Waals surface area (Å²) in [5.41, 5.74) is 3.08. The number of rotatable bonds is 8. The van der Waals surface area contributed by atoms with E-state index in [-0.39, 0.29) is 24.3 Å². The third-order valence-electron chi connectivity index (χ3n) is 6.11. The summed E-state index contributed by atoms with van der Waals surface area (Å²) >= 11 is 0. The first kappa shape index (κ1) is 22.9. The molecule has 0 unspecified atom stereocenters. The molecule has 166 valence electrons. The predicted octanol–water partition coefficient (Wildman–Crippen LogP) is 4.41. The second kappa shape index (κ2) is 11.0. The number of aryl methyl sites for hydroxylation is 1. The van der Waals surface area contributed by atoms with Gasteiger partial charge in [0.1, 0.15) is 11.8 Å². The minimum atomic E-state index is -0.540. The van der Waals surface area contributed by atoms with E-state index in [1.54, 1.807) is 12.0 Å². The molecule has 2 aromatic rings. The van der Waals surface area contributed by atoms with Crippen LogP contribution in [0.1, 0.15) is 55.7 Å². The molecule has 1 aliphatic rings. The third kappa shape index (κ3) is 6.58. The van der Waals surface area contributed by atoms with Crippen molar-refractivity contribution >= 4 is 11.8 Å². The van der Waals surface area contributed by atoms with E-state index in [9.17, 15) is 9.59 Å². The fourth-order valence-electron chi connectivity index (χ4n) is 4.06. The van der Waals surface area contributed by atoms with Crippen LogP contribution in [0, 0.1) is 6.92 Å². The highest BCUT2D eigenvalue weighted by Crippen LogP contribution is 2.19. The Morgan fingerprint density at radius 1 is 1.00 bits per heavy atom. The summed E-state index contributed by atoms with van der Waals surface area (Å²) in [7, 11) is 1.63. The molecule has 3 rings (SSSR count). The van der Waals surface area contributed by atoms with Crippen LogP contribution in [0.2, 0.25) is 0 Å². The third-order valence-corrected chi connectivity index (χ3v) is 6.11. The van der Waals surface area contributed by atoms with Crippen LogP contribution < -0.4 is 10.1 Å². The molecule has 5 nitrogen and oxygen atoms in total. The zero-order valence-corrected chi connectivity index (χ0v) is 18.9. The molecule has 1 fully saturated rings. The molecular formula is C26H34N2O3. The van der Waals surface area contributed by atoms with Crippen molar-refractivity contribution in [3.63, 3.8) is 0 Å². The number of carbonyl (C=O) groups is 2. The fraction of sp³-hybridized carbons (Fsp3) is 0.462.